The molecule has 0 saturated heterocycles. The highest BCUT2D eigenvalue weighted by Crippen LogP contribution is 2.16. The average molecular weight is 234 g/mol. The van der Waals surface area contributed by atoms with Crippen molar-refractivity contribution in [1.29, 1.82) is 5.26 Å². The Morgan fingerprint density at radius 3 is 2.82 bits per heavy atom. The minimum Gasteiger partial charge on any atom is -0.355 e. The lowest BCUT2D eigenvalue weighted by Gasteiger charge is -2.23. The predicted octanol–water partition coefficient (Wildman–Crippen LogP) is 1.06. The van der Waals surface area contributed by atoms with E-state index in [0.717, 1.165) is 12.4 Å². The molecule has 0 aliphatic heterocycles. The van der Waals surface area contributed by atoms with Gasteiger partial charge in [-0.05, 0) is 20.8 Å². The maximum atomic E-state index is 8.84. The highest BCUT2D eigenvalue weighted by atomic mass is 15.3. The van der Waals surface area contributed by atoms with Crippen LogP contribution in [0.2, 0.25) is 0 Å². The largest absolute Gasteiger partial charge is 0.355 e. The third-order valence-corrected chi connectivity index (χ3v) is 2.39. The summed E-state index contributed by atoms with van der Waals surface area (Å²) >= 11 is 0. The summed E-state index contributed by atoms with van der Waals surface area (Å²) < 4.78 is 0. The molecule has 92 valence electrons. The van der Waals surface area contributed by atoms with E-state index in [4.69, 9.17) is 11.1 Å². The van der Waals surface area contributed by atoms with Crippen molar-refractivity contribution in [1.82, 2.24) is 9.97 Å². The molecule has 6 heteroatoms. The van der Waals surface area contributed by atoms with Gasteiger partial charge < -0.3 is 10.3 Å². The lowest BCUT2D eigenvalue weighted by atomic mass is 10.2. The van der Waals surface area contributed by atoms with Gasteiger partial charge in [-0.25, -0.2) is 15.8 Å². The van der Waals surface area contributed by atoms with Crippen LogP contribution in [0.25, 0.3) is 0 Å². The van der Waals surface area contributed by atoms with Gasteiger partial charge in [-0.1, -0.05) is 0 Å². The quantitative estimate of drug-likeness (QED) is 0.584. The molecular formula is C11H18N6. The number of hydrogen-bond donors (Lipinski definition) is 2. The number of hydrogen-bond acceptors (Lipinski definition) is 6. The average Bonchev–Trinajstić information content (AvgIpc) is 2.34. The van der Waals surface area contributed by atoms with E-state index in [1.54, 1.807) is 6.07 Å². The fourth-order valence-electron chi connectivity index (χ4n) is 1.54. The normalized spacial score (nSPS) is 11.7. The van der Waals surface area contributed by atoms with Crippen molar-refractivity contribution < 1.29 is 0 Å². The Bertz CT molecular complexity index is 411. The summed E-state index contributed by atoms with van der Waals surface area (Å²) in [5.74, 6) is 7.32. The highest BCUT2D eigenvalue weighted by molar-refractivity contribution is 5.48. The first-order chi connectivity index (χ1) is 8.10. The van der Waals surface area contributed by atoms with Crippen LogP contribution in [0.5, 0.6) is 0 Å². The zero-order chi connectivity index (χ0) is 12.8. The van der Waals surface area contributed by atoms with Crippen molar-refractivity contribution in [2.24, 2.45) is 11.8 Å². The van der Waals surface area contributed by atoms with Crippen molar-refractivity contribution in [3.05, 3.63) is 11.9 Å². The molecule has 0 amide bonds. The van der Waals surface area contributed by atoms with Crippen LogP contribution >= 0.6 is 0 Å². The predicted molar refractivity (Wildman–Crippen MR) is 67.2 cm³/mol. The number of aromatic nitrogens is 2. The van der Waals surface area contributed by atoms with Crippen LogP contribution in [0.3, 0.4) is 0 Å². The maximum absolute atomic E-state index is 8.84. The van der Waals surface area contributed by atoms with Gasteiger partial charge in [-0.3, -0.25) is 0 Å². The Hall–Kier alpha value is -1.87. The number of nitriles is 1. The molecule has 1 unspecified atom stereocenters. The molecule has 17 heavy (non-hydrogen) atoms. The van der Waals surface area contributed by atoms with Crippen LogP contribution in [0.1, 0.15) is 19.7 Å². The minimum atomic E-state index is -0.0421. The number of rotatable bonds is 5. The second-order valence-electron chi connectivity index (χ2n) is 3.87. The van der Waals surface area contributed by atoms with Crippen LogP contribution in [0, 0.1) is 24.2 Å². The fourth-order valence-corrected chi connectivity index (χ4v) is 1.54. The van der Waals surface area contributed by atoms with Crippen molar-refractivity contribution in [3.63, 3.8) is 0 Å². The van der Waals surface area contributed by atoms with Crippen LogP contribution in [0.15, 0.2) is 6.07 Å². The summed E-state index contributed by atoms with van der Waals surface area (Å²) in [7, 11) is 0. The summed E-state index contributed by atoms with van der Waals surface area (Å²) in [5, 5.41) is 8.84. The molecular weight excluding hydrogens is 216 g/mol. The van der Waals surface area contributed by atoms with Gasteiger partial charge >= 0.3 is 0 Å². The van der Waals surface area contributed by atoms with Crippen LogP contribution in [0.4, 0.5) is 11.6 Å². The van der Waals surface area contributed by atoms with E-state index in [0.29, 0.717) is 18.2 Å². The van der Waals surface area contributed by atoms with Gasteiger partial charge in [-0.15, -0.1) is 0 Å². The molecule has 0 radical (unpaired) electrons. The van der Waals surface area contributed by atoms with Crippen molar-refractivity contribution in [3.8, 4) is 6.07 Å². The number of nitrogens with two attached hydrogens (primary N) is 1. The Balaban J connectivity index is 2.95. The summed E-state index contributed by atoms with van der Waals surface area (Å²) in [4.78, 5) is 10.5. The molecule has 1 aromatic heterocycles. The first kappa shape index (κ1) is 13.2. The van der Waals surface area contributed by atoms with Crippen LogP contribution in [-0.4, -0.2) is 23.1 Å². The lowest BCUT2D eigenvalue weighted by Crippen LogP contribution is -2.29. The molecule has 1 heterocycles. The minimum absolute atomic E-state index is 0.0421. The van der Waals surface area contributed by atoms with Gasteiger partial charge in [0.2, 0.25) is 0 Å². The maximum Gasteiger partial charge on any atom is 0.145 e. The third-order valence-electron chi connectivity index (χ3n) is 2.39. The lowest BCUT2D eigenvalue weighted by molar-refractivity contribution is 0.677. The van der Waals surface area contributed by atoms with E-state index >= 15 is 0 Å². The highest BCUT2D eigenvalue weighted by Gasteiger charge is 2.11. The molecule has 1 atom stereocenters. The van der Waals surface area contributed by atoms with Gasteiger partial charge in [-0.2, -0.15) is 5.26 Å². The summed E-state index contributed by atoms with van der Waals surface area (Å²) in [6, 6.07) is 4.00. The zero-order valence-corrected chi connectivity index (χ0v) is 10.4. The molecule has 0 spiro atoms. The smallest absolute Gasteiger partial charge is 0.145 e. The molecule has 0 aliphatic rings. The molecule has 0 saturated carbocycles. The molecule has 3 N–H and O–H groups in total. The van der Waals surface area contributed by atoms with Crippen LogP contribution in [-0.2, 0) is 0 Å². The molecule has 6 nitrogen and oxygen atoms in total. The van der Waals surface area contributed by atoms with Crippen molar-refractivity contribution in [2.45, 2.75) is 20.8 Å². The van der Waals surface area contributed by atoms with E-state index in [1.165, 1.54) is 0 Å². The molecule has 0 bridgehead atoms. The SMILES string of the molecule is CCN(CC(C)C#N)c1cc(NN)nc(C)n1. The summed E-state index contributed by atoms with van der Waals surface area (Å²) in [6.07, 6.45) is 0. The first-order valence-electron chi connectivity index (χ1n) is 5.57. The monoisotopic (exact) mass is 234 g/mol. The number of nitrogens with zero attached hydrogens (tertiary/aromatic N) is 4. The van der Waals surface area contributed by atoms with E-state index in [-0.39, 0.29) is 5.92 Å². The number of nitrogen functional groups attached to an aromatic ring is 1. The molecule has 1 rings (SSSR count). The zero-order valence-electron chi connectivity index (χ0n) is 10.4. The Kier molecular flexibility index (Phi) is 4.67. The van der Waals surface area contributed by atoms with E-state index in [9.17, 15) is 0 Å². The number of anilines is 2. The second kappa shape index (κ2) is 6.01. The second-order valence-corrected chi connectivity index (χ2v) is 3.87. The summed E-state index contributed by atoms with van der Waals surface area (Å²) in [5.41, 5.74) is 2.51. The summed E-state index contributed by atoms with van der Waals surface area (Å²) in [6.45, 7) is 7.15. The fraction of sp³-hybridized carbons (Fsp3) is 0.545. The molecule has 0 aliphatic carbocycles. The number of hydrazine groups is 1. The molecule has 0 fully saturated rings. The Labute approximate surface area is 101 Å². The van der Waals surface area contributed by atoms with E-state index in [2.05, 4.69) is 21.5 Å². The standard InChI is InChI=1S/C11H18N6/c1-4-17(7-8(2)6-12)11-5-10(16-13)14-9(3)15-11/h5,8H,4,7,13H2,1-3H3,(H,14,15,16). The van der Waals surface area contributed by atoms with Gasteiger partial charge in [0.1, 0.15) is 17.5 Å². The van der Waals surface area contributed by atoms with Gasteiger partial charge in [0.15, 0.2) is 0 Å². The first-order valence-corrected chi connectivity index (χ1v) is 5.57. The van der Waals surface area contributed by atoms with Crippen molar-refractivity contribution in [2.75, 3.05) is 23.4 Å². The molecule has 0 aromatic carbocycles. The number of aryl methyl sites for hydroxylation is 1. The van der Waals surface area contributed by atoms with Gasteiger partial charge in [0, 0.05) is 19.2 Å². The van der Waals surface area contributed by atoms with E-state index < -0.39 is 0 Å². The van der Waals surface area contributed by atoms with Crippen molar-refractivity contribution >= 4 is 11.6 Å². The van der Waals surface area contributed by atoms with Crippen LogP contribution < -0.4 is 16.2 Å². The Morgan fingerprint density at radius 2 is 2.29 bits per heavy atom. The Morgan fingerprint density at radius 1 is 1.59 bits per heavy atom. The topological polar surface area (TPSA) is 90.9 Å². The number of nitrogens with one attached hydrogen (secondary N) is 1. The van der Waals surface area contributed by atoms with E-state index in [1.807, 2.05) is 25.7 Å². The molecule has 1 aromatic rings. The van der Waals surface area contributed by atoms with Gasteiger partial charge in [0.05, 0.1) is 12.0 Å². The third kappa shape index (κ3) is 3.57. The van der Waals surface area contributed by atoms with Gasteiger partial charge in [0.25, 0.3) is 0 Å².